The molecule has 0 amide bonds. The van der Waals surface area contributed by atoms with Crippen LogP contribution in [0.15, 0.2) is 18.2 Å². The molecule has 1 aromatic rings. The van der Waals surface area contributed by atoms with E-state index in [4.69, 9.17) is 0 Å². The van der Waals surface area contributed by atoms with Gasteiger partial charge in [-0.1, -0.05) is 13.0 Å². The minimum Gasteiger partial charge on any atom is -0.389 e. The molecule has 17 heavy (non-hydrogen) atoms. The molecule has 0 unspecified atom stereocenters. The summed E-state index contributed by atoms with van der Waals surface area (Å²) < 4.78 is 25.8. The van der Waals surface area contributed by atoms with Gasteiger partial charge in [0.05, 0.1) is 5.60 Å². The van der Waals surface area contributed by atoms with Gasteiger partial charge in [0.15, 0.2) is 11.6 Å². The molecular weight excluding hydrogens is 224 g/mol. The van der Waals surface area contributed by atoms with Crippen molar-refractivity contribution in [2.24, 2.45) is 0 Å². The third-order valence-corrected chi connectivity index (χ3v) is 2.45. The lowest BCUT2D eigenvalue weighted by atomic mass is 10.1. The van der Waals surface area contributed by atoms with E-state index in [9.17, 15) is 13.9 Å². The fraction of sp³-hybridized carbons (Fsp3) is 0.538. The topological polar surface area (TPSA) is 23.5 Å². The van der Waals surface area contributed by atoms with Crippen LogP contribution in [-0.4, -0.2) is 28.7 Å². The first-order valence-electron chi connectivity index (χ1n) is 5.70. The summed E-state index contributed by atoms with van der Waals surface area (Å²) in [7, 11) is 0. The van der Waals surface area contributed by atoms with E-state index in [0.717, 1.165) is 12.6 Å². The highest BCUT2D eigenvalue weighted by Gasteiger charge is 2.17. The summed E-state index contributed by atoms with van der Waals surface area (Å²) in [6.45, 7) is 7.14. The van der Waals surface area contributed by atoms with Gasteiger partial charge in [0, 0.05) is 13.1 Å². The maximum absolute atomic E-state index is 13.0. The maximum Gasteiger partial charge on any atom is 0.159 e. The van der Waals surface area contributed by atoms with Crippen molar-refractivity contribution in [3.8, 4) is 0 Å². The van der Waals surface area contributed by atoms with Crippen molar-refractivity contribution < 1.29 is 13.9 Å². The zero-order chi connectivity index (χ0) is 13.1. The Kier molecular flexibility index (Phi) is 4.60. The molecule has 0 aliphatic rings. The van der Waals surface area contributed by atoms with Gasteiger partial charge in [-0.2, -0.15) is 0 Å². The molecule has 0 aliphatic carbocycles. The number of hydrogen-bond acceptors (Lipinski definition) is 2. The van der Waals surface area contributed by atoms with Gasteiger partial charge in [-0.15, -0.1) is 0 Å². The molecular formula is C13H19F2NO. The minimum atomic E-state index is -0.834. The molecule has 0 fully saturated rings. The zero-order valence-electron chi connectivity index (χ0n) is 10.5. The average molecular weight is 243 g/mol. The predicted molar refractivity (Wildman–Crippen MR) is 63.6 cm³/mol. The Balaban J connectivity index is 2.70. The van der Waals surface area contributed by atoms with Gasteiger partial charge in [-0.05, 0) is 38.1 Å². The van der Waals surface area contributed by atoms with Crippen molar-refractivity contribution in [1.82, 2.24) is 4.90 Å². The molecule has 0 bridgehead atoms. The predicted octanol–water partition coefficient (Wildman–Crippen LogP) is 2.56. The zero-order valence-corrected chi connectivity index (χ0v) is 10.5. The van der Waals surface area contributed by atoms with E-state index in [-0.39, 0.29) is 0 Å². The molecule has 0 heterocycles. The fourth-order valence-electron chi connectivity index (χ4n) is 1.72. The van der Waals surface area contributed by atoms with Crippen molar-refractivity contribution in [1.29, 1.82) is 0 Å². The highest BCUT2D eigenvalue weighted by atomic mass is 19.2. The second-order valence-electron chi connectivity index (χ2n) is 4.86. The van der Waals surface area contributed by atoms with Gasteiger partial charge >= 0.3 is 0 Å². The van der Waals surface area contributed by atoms with E-state index in [2.05, 4.69) is 0 Å². The summed E-state index contributed by atoms with van der Waals surface area (Å²) >= 11 is 0. The van der Waals surface area contributed by atoms with Crippen molar-refractivity contribution >= 4 is 0 Å². The van der Waals surface area contributed by atoms with Gasteiger partial charge < -0.3 is 5.11 Å². The number of aliphatic hydroxyl groups is 1. The Morgan fingerprint density at radius 2 is 1.88 bits per heavy atom. The molecule has 0 saturated carbocycles. The van der Waals surface area contributed by atoms with Crippen LogP contribution < -0.4 is 0 Å². The first-order chi connectivity index (χ1) is 7.81. The second kappa shape index (κ2) is 5.56. The van der Waals surface area contributed by atoms with Crippen LogP contribution in [0.3, 0.4) is 0 Å². The molecule has 0 atom stereocenters. The number of halogens is 2. The molecule has 1 rings (SSSR count). The van der Waals surface area contributed by atoms with Crippen LogP contribution in [0, 0.1) is 11.6 Å². The molecule has 0 aromatic heterocycles. The minimum absolute atomic E-state index is 0.489. The van der Waals surface area contributed by atoms with E-state index in [1.165, 1.54) is 6.07 Å². The Morgan fingerprint density at radius 1 is 1.24 bits per heavy atom. The molecule has 4 heteroatoms. The smallest absolute Gasteiger partial charge is 0.159 e. The summed E-state index contributed by atoms with van der Waals surface area (Å²) in [5.41, 5.74) is -0.0933. The van der Waals surface area contributed by atoms with Gasteiger partial charge in [-0.3, -0.25) is 4.90 Å². The lowest BCUT2D eigenvalue weighted by Crippen LogP contribution is -2.38. The Labute approximate surface area is 101 Å². The molecule has 0 saturated heterocycles. The maximum atomic E-state index is 13.0. The Hall–Kier alpha value is -1.00. The molecule has 96 valence electrons. The van der Waals surface area contributed by atoms with Crippen LogP contribution in [0.1, 0.15) is 26.3 Å². The third kappa shape index (κ3) is 4.79. The Morgan fingerprint density at radius 3 is 2.35 bits per heavy atom. The van der Waals surface area contributed by atoms with Gasteiger partial charge in [0.25, 0.3) is 0 Å². The monoisotopic (exact) mass is 243 g/mol. The fourth-order valence-corrected chi connectivity index (χ4v) is 1.72. The molecule has 2 nitrogen and oxygen atoms in total. The molecule has 0 spiro atoms. The van der Waals surface area contributed by atoms with Gasteiger partial charge in [-0.25, -0.2) is 8.78 Å². The highest BCUT2D eigenvalue weighted by molar-refractivity contribution is 5.17. The first-order valence-corrected chi connectivity index (χ1v) is 5.70. The van der Waals surface area contributed by atoms with Gasteiger partial charge in [0.1, 0.15) is 0 Å². The number of hydrogen-bond donors (Lipinski definition) is 1. The van der Waals surface area contributed by atoms with Crippen molar-refractivity contribution in [2.75, 3.05) is 13.1 Å². The summed E-state index contributed by atoms with van der Waals surface area (Å²) in [5, 5.41) is 9.72. The number of rotatable bonds is 5. The normalized spacial score (nSPS) is 12.2. The quantitative estimate of drug-likeness (QED) is 0.859. The largest absolute Gasteiger partial charge is 0.389 e. The molecule has 1 aromatic carbocycles. The van der Waals surface area contributed by atoms with Crippen LogP contribution >= 0.6 is 0 Å². The van der Waals surface area contributed by atoms with Crippen LogP contribution in [0.2, 0.25) is 0 Å². The SMILES string of the molecule is CCN(Cc1ccc(F)c(F)c1)CC(C)(C)O. The first kappa shape index (κ1) is 14.1. The molecule has 1 N–H and O–H groups in total. The van der Waals surface area contributed by atoms with E-state index < -0.39 is 17.2 Å². The van der Waals surface area contributed by atoms with Gasteiger partial charge in [0.2, 0.25) is 0 Å². The van der Waals surface area contributed by atoms with Crippen LogP contribution in [0.25, 0.3) is 0 Å². The average Bonchev–Trinajstić information content (AvgIpc) is 2.20. The lowest BCUT2D eigenvalue weighted by molar-refractivity contribution is 0.0353. The standard InChI is InChI=1S/C13H19F2NO/c1-4-16(9-13(2,3)17)8-10-5-6-11(14)12(15)7-10/h5-7,17H,4,8-9H2,1-3H3. The summed E-state index contributed by atoms with van der Waals surface area (Å²) in [6.07, 6.45) is 0. The molecule has 0 radical (unpaired) electrons. The van der Waals surface area contributed by atoms with E-state index >= 15 is 0 Å². The third-order valence-electron chi connectivity index (χ3n) is 2.45. The summed E-state index contributed by atoms with van der Waals surface area (Å²) in [5.74, 6) is -1.67. The van der Waals surface area contributed by atoms with Crippen molar-refractivity contribution in [2.45, 2.75) is 32.9 Å². The van der Waals surface area contributed by atoms with Crippen LogP contribution in [-0.2, 0) is 6.54 Å². The van der Waals surface area contributed by atoms with Crippen LogP contribution in [0.5, 0.6) is 0 Å². The summed E-state index contributed by atoms with van der Waals surface area (Å²) in [4.78, 5) is 1.98. The van der Waals surface area contributed by atoms with E-state index in [1.807, 2.05) is 11.8 Å². The molecule has 0 aliphatic heterocycles. The van der Waals surface area contributed by atoms with E-state index in [0.29, 0.717) is 18.7 Å². The van der Waals surface area contributed by atoms with Crippen molar-refractivity contribution in [3.05, 3.63) is 35.4 Å². The second-order valence-corrected chi connectivity index (χ2v) is 4.86. The number of benzene rings is 1. The number of nitrogens with zero attached hydrogens (tertiary/aromatic N) is 1. The highest BCUT2D eigenvalue weighted by Crippen LogP contribution is 2.13. The Bertz CT molecular complexity index is 374. The van der Waals surface area contributed by atoms with Crippen molar-refractivity contribution in [3.63, 3.8) is 0 Å². The summed E-state index contributed by atoms with van der Waals surface area (Å²) in [6, 6.07) is 3.89. The number of likely N-dealkylation sites (N-methyl/N-ethyl adjacent to an activating group) is 1. The van der Waals surface area contributed by atoms with E-state index in [1.54, 1.807) is 19.9 Å². The van der Waals surface area contributed by atoms with Crippen LogP contribution in [0.4, 0.5) is 8.78 Å². The lowest BCUT2D eigenvalue weighted by Gasteiger charge is -2.27.